The van der Waals surface area contributed by atoms with Crippen LogP contribution >= 0.6 is 0 Å². The zero-order valence-corrected chi connectivity index (χ0v) is 14.1. The molecular formula is C19H20N2O4. The summed E-state index contributed by atoms with van der Waals surface area (Å²) < 4.78 is 11.4. The average molecular weight is 340 g/mol. The zero-order valence-electron chi connectivity index (χ0n) is 14.1. The van der Waals surface area contributed by atoms with Crippen LogP contribution in [0.1, 0.15) is 47.7 Å². The Morgan fingerprint density at radius 3 is 3.00 bits per heavy atom. The van der Waals surface area contributed by atoms with Gasteiger partial charge >= 0.3 is 0 Å². The highest BCUT2D eigenvalue weighted by Gasteiger charge is 2.35. The molecule has 1 fully saturated rings. The molecule has 3 heterocycles. The summed E-state index contributed by atoms with van der Waals surface area (Å²) >= 11 is 0. The molecular weight excluding hydrogens is 320 g/mol. The van der Waals surface area contributed by atoms with E-state index in [1.54, 1.807) is 18.2 Å². The van der Waals surface area contributed by atoms with Gasteiger partial charge in [0.25, 0.3) is 11.8 Å². The van der Waals surface area contributed by atoms with Gasteiger partial charge in [0, 0.05) is 13.0 Å². The van der Waals surface area contributed by atoms with Gasteiger partial charge in [0.2, 0.25) is 0 Å². The predicted molar refractivity (Wildman–Crippen MR) is 91.7 cm³/mol. The number of fused-ring (bicyclic) bond motifs is 1. The van der Waals surface area contributed by atoms with Crippen LogP contribution in [-0.2, 0) is 11.2 Å². The normalized spacial score (nSPS) is 19.3. The number of hydrogen-bond donors (Lipinski definition) is 1. The first-order valence-electron chi connectivity index (χ1n) is 8.62. The molecule has 0 aliphatic carbocycles. The summed E-state index contributed by atoms with van der Waals surface area (Å²) in [6.07, 6.45) is 2.65. The highest BCUT2D eigenvalue weighted by Crippen LogP contribution is 2.38. The van der Waals surface area contributed by atoms with Crippen molar-refractivity contribution in [1.29, 1.82) is 0 Å². The van der Waals surface area contributed by atoms with Crippen molar-refractivity contribution < 1.29 is 18.7 Å². The van der Waals surface area contributed by atoms with Crippen LogP contribution in [-0.4, -0.2) is 29.9 Å². The molecule has 0 spiro atoms. The molecule has 25 heavy (non-hydrogen) atoms. The fourth-order valence-corrected chi connectivity index (χ4v) is 3.51. The Hall–Kier alpha value is -2.76. The van der Waals surface area contributed by atoms with E-state index in [0.29, 0.717) is 23.5 Å². The number of carbonyl (C=O) groups excluding carboxylic acids is 2. The third-order valence-corrected chi connectivity index (χ3v) is 4.74. The Balaban J connectivity index is 1.64. The fourth-order valence-electron chi connectivity index (χ4n) is 3.51. The number of aryl methyl sites for hydroxylation is 1. The lowest BCUT2D eigenvalue weighted by molar-refractivity contribution is -0.118. The van der Waals surface area contributed by atoms with Gasteiger partial charge < -0.3 is 19.4 Å². The molecule has 2 aliphatic rings. The molecule has 4 rings (SSSR count). The van der Waals surface area contributed by atoms with Gasteiger partial charge in [-0.25, -0.2) is 0 Å². The molecule has 6 nitrogen and oxygen atoms in total. The molecule has 1 aromatic heterocycles. The van der Waals surface area contributed by atoms with Gasteiger partial charge in [0.1, 0.15) is 11.5 Å². The molecule has 1 atom stereocenters. The van der Waals surface area contributed by atoms with Crippen LogP contribution in [0.2, 0.25) is 0 Å². The second-order valence-electron chi connectivity index (χ2n) is 6.33. The second kappa shape index (κ2) is 6.27. The lowest BCUT2D eigenvalue weighted by atomic mass is 10.1. The SMILES string of the molecule is CCc1ccc(C2CCCN2C(=O)c2cccc3c2OCC(=O)N3)o1. The lowest BCUT2D eigenvalue weighted by Crippen LogP contribution is -2.32. The van der Waals surface area contributed by atoms with Crippen LogP contribution in [0.5, 0.6) is 5.75 Å². The van der Waals surface area contributed by atoms with Crippen molar-refractivity contribution in [1.82, 2.24) is 4.90 Å². The maximum absolute atomic E-state index is 13.2. The van der Waals surface area contributed by atoms with Gasteiger partial charge in [-0.1, -0.05) is 13.0 Å². The molecule has 1 unspecified atom stereocenters. The first kappa shape index (κ1) is 15.7. The van der Waals surface area contributed by atoms with Crippen molar-refractivity contribution in [3.05, 3.63) is 47.4 Å². The van der Waals surface area contributed by atoms with Crippen molar-refractivity contribution in [2.24, 2.45) is 0 Å². The van der Waals surface area contributed by atoms with Crippen LogP contribution < -0.4 is 10.1 Å². The number of hydrogen-bond acceptors (Lipinski definition) is 4. The number of benzene rings is 1. The number of nitrogens with one attached hydrogen (secondary N) is 1. The monoisotopic (exact) mass is 340 g/mol. The number of para-hydroxylation sites is 1. The van der Waals surface area contributed by atoms with Crippen LogP contribution in [0.15, 0.2) is 34.7 Å². The third-order valence-electron chi connectivity index (χ3n) is 4.74. The predicted octanol–water partition coefficient (Wildman–Crippen LogP) is 3.15. The topological polar surface area (TPSA) is 71.8 Å². The molecule has 6 heteroatoms. The summed E-state index contributed by atoms with van der Waals surface area (Å²) in [6.45, 7) is 2.66. The number of furan rings is 1. The summed E-state index contributed by atoms with van der Waals surface area (Å²) in [6, 6.07) is 9.12. The molecule has 2 aliphatic heterocycles. The zero-order chi connectivity index (χ0) is 17.4. The van der Waals surface area contributed by atoms with E-state index in [-0.39, 0.29) is 24.5 Å². The van der Waals surface area contributed by atoms with E-state index < -0.39 is 0 Å². The van der Waals surface area contributed by atoms with Crippen molar-refractivity contribution in [2.45, 2.75) is 32.2 Å². The van der Waals surface area contributed by atoms with Crippen LogP contribution in [0.3, 0.4) is 0 Å². The van der Waals surface area contributed by atoms with Crippen molar-refractivity contribution in [3.63, 3.8) is 0 Å². The molecule has 2 aromatic rings. The number of likely N-dealkylation sites (tertiary alicyclic amines) is 1. The smallest absolute Gasteiger partial charge is 0.262 e. The molecule has 1 aromatic carbocycles. The van der Waals surface area contributed by atoms with Gasteiger partial charge in [-0.3, -0.25) is 9.59 Å². The molecule has 0 saturated carbocycles. The molecule has 0 bridgehead atoms. The quantitative estimate of drug-likeness (QED) is 0.932. The van der Waals surface area contributed by atoms with Crippen molar-refractivity contribution in [3.8, 4) is 5.75 Å². The third kappa shape index (κ3) is 2.77. The minimum Gasteiger partial charge on any atom is -0.481 e. The highest BCUT2D eigenvalue weighted by atomic mass is 16.5. The van der Waals surface area contributed by atoms with Crippen LogP contribution in [0.4, 0.5) is 5.69 Å². The highest BCUT2D eigenvalue weighted by molar-refractivity contribution is 6.03. The minimum atomic E-state index is -0.209. The molecule has 1 saturated heterocycles. The Morgan fingerprint density at radius 1 is 1.32 bits per heavy atom. The Kier molecular flexibility index (Phi) is 3.95. The molecule has 130 valence electrons. The summed E-state index contributed by atoms with van der Waals surface area (Å²) in [4.78, 5) is 26.5. The number of ether oxygens (including phenoxy) is 1. The van der Waals surface area contributed by atoms with Gasteiger partial charge in [0.05, 0.1) is 17.3 Å². The summed E-state index contributed by atoms with van der Waals surface area (Å²) in [7, 11) is 0. The van der Waals surface area contributed by atoms with E-state index in [0.717, 1.165) is 30.8 Å². The van der Waals surface area contributed by atoms with E-state index >= 15 is 0 Å². The van der Waals surface area contributed by atoms with Crippen LogP contribution in [0, 0.1) is 0 Å². The molecule has 0 radical (unpaired) electrons. The Bertz CT molecular complexity index is 827. The minimum absolute atomic E-state index is 0.0539. The van der Waals surface area contributed by atoms with E-state index in [1.165, 1.54) is 0 Å². The van der Waals surface area contributed by atoms with E-state index in [4.69, 9.17) is 9.15 Å². The number of nitrogens with zero attached hydrogens (tertiary/aromatic N) is 1. The average Bonchev–Trinajstić information content (AvgIpc) is 3.29. The maximum atomic E-state index is 13.2. The summed E-state index contributed by atoms with van der Waals surface area (Å²) in [5.41, 5.74) is 1.02. The first-order chi connectivity index (χ1) is 12.2. The number of carbonyl (C=O) groups is 2. The van der Waals surface area contributed by atoms with E-state index in [9.17, 15) is 9.59 Å². The van der Waals surface area contributed by atoms with Crippen molar-refractivity contribution >= 4 is 17.5 Å². The van der Waals surface area contributed by atoms with Gasteiger partial charge in [-0.15, -0.1) is 0 Å². The standard InChI is InChI=1S/C19H20N2O4/c1-2-12-8-9-16(25-12)15-7-4-10-21(15)19(23)13-5-3-6-14-18(13)24-11-17(22)20-14/h3,5-6,8-9,15H,2,4,7,10-11H2,1H3,(H,20,22). The fraction of sp³-hybridized carbons (Fsp3) is 0.368. The number of amides is 2. The Labute approximate surface area is 145 Å². The first-order valence-corrected chi connectivity index (χ1v) is 8.62. The summed E-state index contributed by atoms with van der Waals surface area (Å²) in [5, 5.41) is 2.75. The van der Waals surface area contributed by atoms with E-state index in [1.807, 2.05) is 24.0 Å². The molecule has 2 amide bonds. The Morgan fingerprint density at radius 2 is 2.20 bits per heavy atom. The number of rotatable bonds is 3. The summed E-state index contributed by atoms with van der Waals surface area (Å²) in [5.74, 6) is 1.91. The van der Waals surface area contributed by atoms with Gasteiger partial charge in [-0.2, -0.15) is 0 Å². The second-order valence-corrected chi connectivity index (χ2v) is 6.33. The maximum Gasteiger partial charge on any atom is 0.262 e. The number of anilines is 1. The van der Waals surface area contributed by atoms with Crippen LogP contribution in [0.25, 0.3) is 0 Å². The largest absolute Gasteiger partial charge is 0.481 e. The van der Waals surface area contributed by atoms with Gasteiger partial charge in [0.15, 0.2) is 12.4 Å². The lowest BCUT2D eigenvalue weighted by Gasteiger charge is -2.26. The molecule has 1 N–H and O–H groups in total. The van der Waals surface area contributed by atoms with Gasteiger partial charge in [-0.05, 0) is 37.1 Å². The van der Waals surface area contributed by atoms with E-state index in [2.05, 4.69) is 5.32 Å². The van der Waals surface area contributed by atoms with Crippen molar-refractivity contribution in [2.75, 3.05) is 18.5 Å².